The van der Waals surface area contributed by atoms with Gasteiger partial charge in [-0.1, -0.05) is 17.3 Å². The minimum atomic E-state index is 0.341. The number of alkyl halides is 1. The third kappa shape index (κ3) is 1.61. The molecule has 0 bridgehead atoms. The number of para-hydroxylation sites is 2. The van der Waals surface area contributed by atoms with Gasteiger partial charge in [0.25, 0.3) is 0 Å². The quantitative estimate of drug-likeness (QED) is 0.654. The SMILES string of the molecule is Cn1c(-c2cc(CCl)no2)nc2ccccc21. The van der Waals surface area contributed by atoms with Crippen molar-refractivity contribution in [1.82, 2.24) is 14.7 Å². The first-order chi connectivity index (χ1) is 8.29. The van der Waals surface area contributed by atoms with Crippen LogP contribution in [0.1, 0.15) is 5.69 Å². The summed E-state index contributed by atoms with van der Waals surface area (Å²) >= 11 is 5.70. The van der Waals surface area contributed by atoms with Gasteiger partial charge in [-0.05, 0) is 12.1 Å². The van der Waals surface area contributed by atoms with Gasteiger partial charge in [0.05, 0.1) is 22.6 Å². The number of aromatic nitrogens is 3. The highest BCUT2D eigenvalue weighted by Crippen LogP contribution is 2.24. The average molecular weight is 248 g/mol. The number of nitrogens with zero attached hydrogens (tertiary/aromatic N) is 3. The minimum absolute atomic E-state index is 0.341. The Bertz CT molecular complexity index is 671. The fourth-order valence-electron chi connectivity index (χ4n) is 1.85. The van der Waals surface area contributed by atoms with E-state index in [2.05, 4.69) is 10.1 Å². The molecule has 0 N–H and O–H groups in total. The van der Waals surface area contributed by atoms with Gasteiger partial charge in [0.1, 0.15) is 0 Å². The van der Waals surface area contributed by atoms with E-state index in [1.165, 1.54) is 0 Å². The Morgan fingerprint density at radius 2 is 2.18 bits per heavy atom. The number of imidazole rings is 1. The predicted octanol–water partition coefficient (Wildman–Crippen LogP) is 2.97. The largest absolute Gasteiger partial charge is 0.353 e. The molecule has 0 unspecified atom stereocenters. The Labute approximate surface area is 103 Å². The molecule has 0 aliphatic carbocycles. The Hall–Kier alpha value is -1.81. The second kappa shape index (κ2) is 3.89. The highest BCUT2D eigenvalue weighted by Gasteiger charge is 2.13. The lowest BCUT2D eigenvalue weighted by Gasteiger charge is -1.96. The first-order valence-electron chi connectivity index (χ1n) is 5.23. The molecule has 4 nitrogen and oxygen atoms in total. The zero-order chi connectivity index (χ0) is 11.8. The van der Waals surface area contributed by atoms with Gasteiger partial charge in [0.15, 0.2) is 5.82 Å². The zero-order valence-electron chi connectivity index (χ0n) is 9.22. The molecule has 17 heavy (non-hydrogen) atoms. The third-order valence-electron chi connectivity index (χ3n) is 2.70. The van der Waals surface area contributed by atoms with Gasteiger partial charge in [-0.3, -0.25) is 0 Å². The molecule has 0 aliphatic rings. The van der Waals surface area contributed by atoms with Crippen molar-refractivity contribution in [2.45, 2.75) is 5.88 Å². The van der Waals surface area contributed by atoms with Gasteiger partial charge in [-0.2, -0.15) is 0 Å². The van der Waals surface area contributed by atoms with E-state index in [1.807, 2.05) is 41.9 Å². The molecule has 0 fully saturated rings. The summed E-state index contributed by atoms with van der Waals surface area (Å²) in [5.74, 6) is 1.74. The molecule has 3 rings (SSSR count). The summed E-state index contributed by atoms with van der Waals surface area (Å²) in [6.45, 7) is 0. The van der Waals surface area contributed by atoms with E-state index in [0.29, 0.717) is 17.3 Å². The molecule has 2 heterocycles. The summed E-state index contributed by atoms with van der Waals surface area (Å²) in [7, 11) is 1.95. The molecule has 0 saturated heterocycles. The monoisotopic (exact) mass is 247 g/mol. The average Bonchev–Trinajstić information content (AvgIpc) is 2.95. The molecular formula is C12H10ClN3O. The van der Waals surface area contributed by atoms with Crippen molar-refractivity contribution >= 4 is 22.6 Å². The smallest absolute Gasteiger partial charge is 0.202 e. The molecule has 0 aliphatic heterocycles. The summed E-state index contributed by atoms with van der Waals surface area (Å²) in [6.07, 6.45) is 0. The first-order valence-corrected chi connectivity index (χ1v) is 5.76. The van der Waals surface area contributed by atoms with Crippen LogP contribution in [0, 0.1) is 0 Å². The number of aryl methyl sites for hydroxylation is 1. The van der Waals surface area contributed by atoms with Crippen molar-refractivity contribution in [3.63, 3.8) is 0 Å². The number of hydrogen-bond donors (Lipinski definition) is 0. The van der Waals surface area contributed by atoms with Gasteiger partial charge in [-0.25, -0.2) is 4.98 Å². The zero-order valence-corrected chi connectivity index (χ0v) is 9.98. The summed E-state index contributed by atoms with van der Waals surface area (Å²) < 4.78 is 7.21. The fraction of sp³-hybridized carbons (Fsp3) is 0.167. The van der Waals surface area contributed by atoms with E-state index >= 15 is 0 Å². The number of benzene rings is 1. The van der Waals surface area contributed by atoms with E-state index in [0.717, 1.165) is 16.9 Å². The molecular weight excluding hydrogens is 238 g/mol. The summed E-state index contributed by atoms with van der Waals surface area (Å²) in [5.41, 5.74) is 2.72. The van der Waals surface area contributed by atoms with Crippen molar-refractivity contribution in [1.29, 1.82) is 0 Å². The second-order valence-corrected chi connectivity index (χ2v) is 4.07. The van der Waals surface area contributed by atoms with Crippen LogP contribution < -0.4 is 0 Å². The van der Waals surface area contributed by atoms with Crippen molar-refractivity contribution in [3.05, 3.63) is 36.0 Å². The third-order valence-corrected chi connectivity index (χ3v) is 2.98. The molecule has 3 aromatic rings. The van der Waals surface area contributed by atoms with E-state index in [1.54, 1.807) is 0 Å². The molecule has 0 amide bonds. The fourth-order valence-corrected chi connectivity index (χ4v) is 1.97. The predicted molar refractivity (Wildman–Crippen MR) is 65.8 cm³/mol. The highest BCUT2D eigenvalue weighted by atomic mass is 35.5. The van der Waals surface area contributed by atoms with Crippen LogP contribution in [-0.2, 0) is 12.9 Å². The number of fused-ring (bicyclic) bond motifs is 1. The molecule has 0 radical (unpaired) electrons. The Balaban J connectivity index is 2.20. The maximum absolute atomic E-state index is 5.70. The van der Waals surface area contributed by atoms with Gasteiger partial charge >= 0.3 is 0 Å². The molecule has 0 spiro atoms. The lowest BCUT2D eigenvalue weighted by molar-refractivity contribution is 0.423. The first kappa shape index (κ1) is 10.4. The van der Waals surface area contributed by atoms with Crippen LogP contribution in [0.2, 0.25) is 0 Å². The van der Waals surface area contributed by atoms with Crippen molar-refractivity contribution in [3.8, 4) is 11.6 Å². The standard InChI is InChI=1S/C12H10ClN3O/c1-16-10-5-3-2-4-9(10)14-12(16)11-6-8(7-13)15-17-11/h2-6H,7H2,1H3. The molecule has 2 aromatic heterocycles. The highest BCUT2D eigenvalue weighted by molar-refractivity contribution is 6.16. The Kier molecular flexibility index (Phi) is 2.37. The molecule has 86 valence electrons. The van der Waals surface area contributed by atoms with Gasteiger partial charge in [0.2, 0.25) is 5.76 Å². The van der Waals surface area contributed by atoms with Gasteiger partial charge in [-0.15, -0.1) is 11.6 Å². The normalized spacial score (nSPS) is 11.2. The van der Waals surface area contributed by atoms with Crippen LogP contribution in [0.4, 0.5) is 0 Å². The molecule has 0 saturated carbocycles. The molecule has 5 heteroatoms. The summed E-state index contributed by atoms with van der Waals surface area (Å²) in [5, 5.41) is 3.86. The van der Waals surface area contributed by atoms with E-state index < -0.39 is 0 Å². The maximum Gasteiger partial charge on any atom is 0.202 e. The van der Waals surface area contributed by atoms with Crippen LogP contribution in [-0.4, -0.2) is 14.7 Å². The van der Waals surface area contributed by atoms with E-state index in [9.17, 15) is 0 Å². The van der Waals surface area contributed by atoms with Gasteiger partial charge in [0, 0.05) is 13.1 Å². The Morgan fingerprint density at radius 1 is 1.35 bits per heavy atom. The number of halogens is 1. The van der Waals surface area contributed by atoms with Crippen LogP contribution in [0.15, 0.2) is 34.9 Å². The maximum atomic E-state index is 5.70. The van der Waals surface area contributed by atoms with E-state index in [4.69, 9.17) is 16.1 Å². The van der Waals surface area contributed by atoms with Crippen LogP contribution >= 0.6 is 11.6 Å². The topological polar surface area (TPSA) is 43.9 Å². The minimum Gasteiger partial charge on any atom is -0.353 e. The summed E-state index contributed by atoms with van der Waals surface area (Å²) in [6, 6.07) is 9.75. The van der Waals surface area contributed by atoms with Gasteiger partial charge < -0.3 is 9.09 Å². The van der Waals surface area contributed by atoms with Crippen LogP contribution in [0.25, 0.3) is 22.6 Å². The van der Waals surface area contributed by atoms with Crippen molar-refractivity contribution < 1.29 is 4.52 Å². The van der Waals surface area contributed by atoms with Crippen molar-refractivity contribution in [2.24, 2.45) is 7.05 Å². The van der Waals surface area contributed by atoms with Crippen LogP contribution in [0.3, 0.4) is 0 Å². The number of hydrogen-bond acceptors (Lipinski definition) is 3. The second-order valence-electron chi connectivity index (χ2n) is 3.80. The molecule has 1 aromatic carbocycles. The van der Waals surface area contributed by atoms with E-state index in [-0.39, 0.29) is 0 Å². The van der Waals surface area contributed by atoms with Crippen molar-refractivity contribution in [2.75, 3.05) is 0 Å². The van der Waals surface area contributed by atoms with Crippen LogP contribution in [0.5, 0.6) is 0 Å². The molecule has 0 atom stereocenters. The lowest BCUT2D eigenvalue weighted by atomic mass is 10.3. The Morgan fingerprint density at radius 3 is 2.88 bits per heavy atom. The summed E-state index contributed by atoms with van der Waals surface area (Å²) in [4.78, 5) is 4.52. The lowest BCUT2D eigenvalue weighted by Crippen LogP contribution is -1.90. The number of rotatable bonds is 2.